The molecule has 3 heteroatoms. The molecule has 0 aromatic rings. The van der Waals surface area contributed by atoms with Gasteiger partial charge < -0.3 is 5.73 Å². The van der Waals surface area contributed by atoms with Gasteiger partial charge in [-0.05, 0) is 20.8 Å². The van der Waals surface area contributed by atoms with Crippen molar-refractivity contribution in [2.75, 3.05) is 39.3 Å². The monoisotopic (exact) mass is 185 g/mol. The van der Waals surface area contributed by atoms with E-state index in [0.717, 1.165) is 13.1 Å². The lowest BCUT2D eigenvalue weighted by molar-refractivity contribution is 0.0638. The van der Waals surface area contributed by atoms with Crippen LogP contribution in [0.5, 0.6) is 0 Å². The quantitative estimate of drug-likeness (QED) is 0.674. The number of nitrogens with zero attached hydrogens (tertiary/aromatic N) is 2. The summed E-state index contributed by atoms with van der Waals surface area (Å²) in [5.41, 5.74) is 5.85. The van der Waals surface area contributed by atoms with E-state index in [2.05, 4.69) is 30.6 Å². The van der Waals surface area contributed by atoms with E-state index in [-0.39, 0.29) is 0 Å². The summed E-state index contributed by atoms with van der Waals surface area (Å²) < 4.78 is 0. The minimum absolute atomic E-state index is 0.328. The maximum atomic E-state index is 5.52. The smallest absolute Gasteiger partial charge is 0.0126 e. The van der Waals surface area contributed by atoms with Gasteiger partial charge in [-0.2, -0.15) is 0 Å². The number of hydrogen-bond donors (Lipinski definition) is 1. The second-order valence-corrected chi connectivity index (χ2v) is 4.79. The first kappa shape index (κ1) is 11.0. The van der Waals surface area contributed by atoms with E-state index in [4.69, 9.17) is 5.73 Å². The molecule has 1 aliphatic heterocycles. The van der Waals surface area contributed by atoms with Crippen molar-refractivity contribution < 1.29 is 0 Å². The Balaban J connectivity index is 2.30. The molecule has 1 heterocycles. The van der Waals surface area contributed by atoms with Gasteiger partial charge in [-0.25, -0.2) is 0 Å². The molecular weight excluding hydrogens is 162 g/mol. The number of hydrogen-bond acceptors (Lipinski definition) is 3. The van der Waals surface area contributed by atoms with Gasteiger partial charge in [0, 0.05) is 44.8 Å². The summed E-state index contributed by atoms with van der Waals surface area (Å²) in [7, 11) is 0. The molecule has 0 aromatic heterocycles. The van der Waals surface area contributed by atoms with Gasteiger partial charge in [0.25, 0.3) is 0 Å². The molecule has 78 valence electrons. The van der Waals surface area contributed by atoms with Crippen LogP contribution in [0.2, 0.25) is 0 Å². The molecule has 1 aliphatic rings. The molecule has 1 fully saturated rings. The molecule has 1 rings (SSSR count). The Kier molecular flexibility index (Phi) is 3.71. The van der Waals surface area contributed by atoms with Crippen molar-refractivity contribution in [1.82, 2.24) is 9.80 Å². The highest BCUT2D eigenvalue weighted by molar-refractivity contribution is 4.81. The fourth-order valence-electron chi connectivity index (χ4n) is 1.82. The summed E-state index contributed by atoms with van der Waals surface area (Å²) in [6.07, 6.45) is 0. The molecule has 0 amide bonds. The van der Waals surface area contributed by atoms with Crippen LogP contribution in [0.25, 0.3) is 0 Å². The number of nitrogens with two attached hydrogens (primary N) is 1. The summed E-state index contributed by atoms with van der Waals surface area (Å²) in [5, 5.41) is 0. The molecular formula is C10H23N3. The summed E-state index contributed by atoms with van der Waals surface area (Å²) in [6, 6.07) is 0. The number of piperazine rings is 1. The zero-order valence-electron chi connectivity index (χ0n) is 9.21. The van der Waals surface area contributed by atoms with Crippen molar-refractivity contribution in [3.8, 4) is 0 Å². The van der Waals surface area contributed by atoms with Crippen molar-refractivity contribution >= 4 is 0 Å². The predicted octanol–water partition coefficient (Wildman–Crippen LogP) is 0.361. The molecule has 0 atom stereocenters. The van der Waals surface area contributed by atoms with Crippen LogP contribution in [0.3, 0.4) is 0 Å². The molecule has 0 unspecified atom stereocenters. The normalized spacial score (nSPS) is 22.2. The van der Waals surface area contributed by atoms with Gasteiger partial charge in [0.15, 0.2) is 0 Å². The Labute approximate surface area is 81.9 Å². The highest BCUT2D eigenvalue weighted by atomic mass is 15.3. The maximum Gasteiger partial charge on any atom is 0.0126 e. The SMILES string of the molecule is CC(C)(C)N1CCN(CCN)CC1. The maximum absolute atomic E-state index is 5.52. The molecule has 0 aliphatic carbocycles. The average Bonchev–Trinajstić information content (AvgIpc) is 2.04. The first-order valence-electron chi connectivity index (χ1n) is 5.21. The molecule has 0 spiro atoms. The van der Waals surface area contributed by atoms with E-state index in [1.54, 1.807) is 0 Å². The van der Waals surface area contributed by atoms with Gasteiger partial charge in [-0.1, -0.05) is 0 Å². The van der Waals surface area contributed by atoms with E-state index in [1.807, 2.05) is 0 Å². The van der Waals surface area contributed by atoms with Crippen LogP contribution < -0.4 is 5.73 Å². The third kappa shape index (κ3) is 3.25. The molecule has 0 radical (unpaired) electrons. The van der Waals surface area contributed by atoms with Crippen LogP contribution in [-0.2, 0) is 0 Å². The van der Waals surface area contributed by atoms with Gasteiger partial charge in [-0.3, -0.25) is 9.80 Å². The Morgan fingerprint density at radius 1 is 1.08 bits per heavy atom. The van der Waals surface area contributed by atoms with Crippen LogP contribution in [0.15, 0.2) is 0 Å². The van der Waals surface area contributed by atoms with Crippen LogP contribution in [0.4, 0.5) is 0 Å². The Hall–Kier alpha value is -0.120. The molecule has 2 N–H and O–H groups in total. The fraction of sp³-hybridized carbons (Fsp3) is 1.00. The Morgan fingerprint density at radius 3 is 2.00 bits per heavy atom. The zero-order chi connectivity index (χ0) is 9.90. The molecule has 3 nitrogen and oxygen atoms in total. The molecule has 0 bridgehead atoms. The first-order chi connectivity index (χ1) is 6.04. The lowest BCUT2D eigenvalue weighted by atomic mass is 10.1. The highest BCUT2D eigenvalue weighted by Gasteiger charge is 2.25. The van der Waals surface area contributed by atoms with E-state index in [0.29, 0.717) is 5.54 Å². The lowest BCUT2D eigenvalue weighted by Crippen LogP contribution is -2.54. The summed E-state index contributed by atoms with van der Waals surface area (Å²) in [6.45, 7) is 13.4. The van der Waals surface area contributed by atoms with Gasteiger partial charge in [0.05, 0.1) is 0 Å². The van der Waals surface area contributed by atoms with Crippen LogP contribution in [-0.4, -0.2) is 54.6 Å². The van der Waals surface area contributed by atoms with Crippen LogP contribution in [0.1, 0.15) is 20.8 Å². The largest absolute Gasteiger partial charge is 0.329 e. The lowest BCUT2D eigenvalue weighted by Gasteiger charge is -2.42. The van der Waals surface area contributed by atoms with Crippen molar-refractivity contribution in [2.45, 2.75) is 26.3 Å². The van der Waals surface area contributed by atoms with Gasteiger partial charge in [0.2, 0.25) is 0 Å². The highest BCUT2D eigenvalue weighted by Crippen LogP contribution is 2.15. The number of rotatable bonds is 2. The Morgan fingerprint density at radius 2 is 1.62 bits per heavy atom. The topological polar surface area (TPSA) is 32.5 Å². The van der Waals surface area contributed by atoms with E-state index >= 15 is 0 Å². The second kappa shape index (κ2) is 4.40. The zero-order valence-corrected chi connectivity index (χ0v) is 9.21. The van der Waals surface area contributed by atoms with Crippen molar-refractivity contribution in [3.05, 3.63) is 0 Å². The van der Waals surface area contributed by atoms with E-state index in [9.17, 15) is 0 Å². The third-order valence-corrected chi connectivity index (χ3v) is 2.77. The molecule has 13 heavy (non-hydrogen) atoms. The van der Waals surface area contributed by atoms with Crippen LogP contribution >= 0.6 is 0 Å². The second-order valence-electron chi connectivity index (χ2n) is 4.79. The summed E-state index contributed by atoms with van der Waals surface area (Å²) in [5.74, 6) is 0. The Bertz CT molecular complexity index is 143. The minimum Gasteiger partial charge on any atom is -0.329 e. The molecule has 0 aromatic carbocycles. The summed E-state index contributed by atoms with van der Waals surface area (Å²) in [4.78, 5) is 4.99. The predicted molar refractivity (Wildman–Crippen MR) is 56.8 cm³/mol. The van der Waals surface area contributed by atoms with Crippen molar-refractivity contribution in [1.29, 1.82) is 0 Å². The fourth-order valence-corrected chi connectivity index (χ4v) is 1.82. The molecule has 0 saturated carbocycles. The minimum atomic E-state index is 0.328. The van der Waals surface area contributed by atoms with Crippen LogP contribution in [0, 0.1) is 0 Å². The summed E-state index contributed by atoms with van der Waals surface area (Å²) >= 11 is 0. The van der Waals surface area contributed by atoms with Crippen molar-refractivity contribution in [3.63, 3.8) is 0 Å². The first-order valence-corrected chi connectivity index (χ1v) is 5.21. The van der Waals surface area contributed by atoms with Gasteiger partial charge in [-0.15, -0.1) is 0 Å². The standard InChI is InChI=1S/C10H23N3/c1-10(2,3)13-8-6-12(5-4-11)7-9-13/h4-9,11H2,1-3H3. The van der Waals surface area contributed by atoms with E-state index < -0.39 is 0 Å². The van der Waals surface area contributed by atoms with Gasteiger partial charge >= 0.3 is 0 Å². The van der Waals surface area contributed by atoms with Crippen molar-refractivity contribution in [2.24, 2.45) is 5.73 Å². The average molecular weight is 185 g/mol. The van der Waals surface area contributed by atoms with E-state index in [1.165, 1.54) is 26.2 Å². The molecule has 1 saturated heterocycles. The van der Waals surface area contributed by atoms with Gasteiger partial charge in [0.1, 0.15) is 0 Å². The third-order valence-electron chi connectivity index (χ3n) is 2.77.